The Morgan fingerprint density at radius 1 is 1.69 bits per heavy atom. The average molecular weight is 200 g/mol. The molecule has 0 spiro atoms. The predicted molar refractivity (Wildman–Crippen MR) is 56.4 cm³/mol. The highest BCUT2D eigenvalue weighted by Crippen LogP contribution is 2.16. The van der Waals surface area contributed by atoms with E-state index in [0.29, 0.717) is 23.9 Å². The van der Waals surface area contributed by atoms with Crippen LogP contribution in [0.5, 0.6) is 0 Å². The number of amides is 1. The summed E-state index contributed by atoms with van der Waals surface area (Å²) in [4.78, 5) is 13.7. The van der Waals surface area contributed by atoms with Gasteiger partial charge >= 0.3 is 0 Å². The van der Waals surface area contributed by atoms with Crippen LogP contribution < -0.4 is 5.73 Å². The van der Waals surface area contributed by atoms with Crippen molar-refractivity contribution < 1.29 is 4.79 Å². The van der Waals surface area contributed by atoms with Gasteiger partial charge in [0.15, 0.2) is 0 Å². The minimum Gasteiger partial charge on any atom is -0.392 e. The number of hydrogen-bond donors (Lipinski definition) is 1. The van der Waals surface area contributed by atoms with Crippen LogP contribution in [0.1, 0.15) is 26.2 Å². The van der Waals surface area contributed by atoms with E-state index in [4.69, 9.17) is 18.0 Å². The molecule has 1 amide bonds. The zero-order chi connectivity index (χ0) is 9.84. The monoisotopic (exact) mass is 200 g/mol. The molecule has 1 fully saturated rings. The summed E-state index contributed by atoms with van der Waals surface area (Å²) in [6.07, 6.45) is 2.70. The molecular weight excluding hydrogens is 184 g/mol. The molecule has 13 heavy (non-hydrogen) atoms. The summed E-state index contributed by atoms with van der Waals surface area (Å²) in [6, 6.07) is 0. The molecule has 0 saturated carbocycles. The lowest BCUT2D eigenvalue weighted by atomic mass is 10.0. The maximum Gasteiger partial charge on any atom is 0.222 e. The summed E-state index contributed by atoms with van der Waals surface area (Å²) in [5.41, 5.74) is 5.41. The van der Waals surface area contributed by atoms with Gasteiger partial charge in [0.05, 0.1) is 11.5 Å². The molecule has 1 aliphatic heterocycles. The quantitative estimate of drug-likeness (QED) is 0.674. The summed E-state index contributed by atoms with van der Waals surface area (Å²) >= 11 is 4.79. The van der Waals surface area contributed by atoms with E-state index in [9.17, 15) is 4.79 Å². The largest absolute Gasteiger partial charge is 0.392 e. The van der Waals surface area contributed by atoms with Crippen LogP contribution in [0.3, 0.4) is 0 Å². The Morgan fingerprint density at radius 2 is 2.38 bits per heavy atom. The molecule has 3 nitrogen and oxygen atoms in total. The molecule has 1 aliphatic rings. The lowest BCUT2D eigenvalue weighted by Crippen LogP contribution is -2.37. The maximum absolute atomic E-state index is 11.5. The number of carbonyl (C=O) groups is 1. The van der Waals surface area contributed by atoms with Gasteiger partial charge in [0.25, 0.3) is 0 Å². The Balaban J connectivity index is 2.52. The Bertz CT molecular complexity index is 218. The fraction of sp³-hybridized carbons (Fsp3) is 0.778. The molecule has 1 atom stereocenters. The summed E-state index contributed by atoms with van der Waals surface area (Å²) in [6.45, 7) is 3.43. The number of likely N-dealkylation sites (tertiary alicyclic amines) is 1. The van der Waals surface area contributed by atoms with Gasteiger partial charge in [-0.2, -0.15) is 0 Å². The summed E-state index contributed by atoms with van der Waals surface area (Å²) in [7, 11) is 0. The van der Waals surface area contributed by atoms with Crippen molar-refractivity contribution in [2.24, 2.45) is 11.7 Å². The van der Waals surface area contributed by atoms with Crippen molar-refractivity contribution in [3.8, 4) is 0 Å². The molecule has 4 heteroatoms. The number of thiocarbonyl (C=S) groups is 1. The molecule has 0 bridgehead atoms. The number of nitrogens with two attached hydrogens (primary N) is 1. The first-order valence-electron chi connectivity index (χ1n) is 4.65. The van der Waals surface area contributed by atoms with Crippen molar-refractivity contribution in [3.05, 3.63) is 0 Å². The highest BCUT2D eigenvalue weighted by Gasteiger charge is 2.19. The fourth-order valence-corrected chi connectivity index (χ4v) is 1.68. The highest BCUT2D eigenvalue weighted by atomic mass is 32.1. The Kier molecular flexibility index (Phi) is 3.66. The molecular formula is C9H16N2OS. The molecule has 0 aliphatic carbocycles. The zero-order valence-corrected chi connectivity index (χ0v) is 8.77. The first kappa shape index (κ1) is 10.4. The van der Waals surface area contributed by atoms with Crippen LogP contribution in [-0.2, 0) is 4.79 Å². The van der Waals surface area contributed by atoms with Gasteiger partial charge in [-0.25, -0.2) is 0 Å². The van der Waals surface area contributed by atoms with E-state index in [2.05, 4.69) is 6.92 Å². The van der Waals surface area contributed by atoms with E-state index in [1.165, 1.54) is 0 Å². The lowest BCUT2D eigenvalue weighted by molar-refractivity contribution is -0.129. The Hall–Kier alpha value is -0.640. The summed E-state index contributed by atoms with van der Waals surface area (Å²) in [5.74, 6) is 0.831. The van der Waals surface area contributed by atoms with Crippen LogP contribution in [0.2, 0.25) is 0 Å². The van der Waals surface area contributed by atoms with Crippen molar-refractivity contribution >= 4 is 23.1 Å². The van der Waals surface area contributed by atoms with Gasteiger partial charge in [-0.15, -0.1) is 0 Å². The van der Waals surface area contributed by atoms with E-state index < -0.39 is 0 Å². The second-order valence-corrected chi connectivity index (χ2v) is 4.24. The molecule has 0 aromatic heterocycles. The topological polar surface area (TPSA) is 46.3 Å². The zero-order valence-electron chi connectivity index (χ0n) is 7.95. The van der Waals surface area contributed by atoms with Gasteiger partial charge in [-0.1, -0.05) is 19.1 Å². The molecule has 1 heterocycles. The molecule has 0 radical (unpaired) electrons. The van der Waals surface area contributed by atoms with Crippen molar-refractivity contribution in [2.75, 3.05) is 13.1 Å². The third-order valence-corrected chi connectivity index (χ3v) is 2.57. The second-order valence-electron chi connectivity index (χ2n) is 3.71. The number of hydrogen-bond acceptors (Lipinski definition) is 2. The van der Waals surface area contributed by atoms with Gasteiger partial charge in [-0.05, 0) is 18.8 Å². The van der Waals surface area contributed by atoms with Gasteiger partial charge in [-0.3, -0.25) is 4.79 Å². The van der Waals surface area contributed by atoms with Crippen molar-refractivity contribution in [2.45, 2.75) is 26.2 Å². The van der Waals surface area contributed by atoms with E-state index >= 15 is 0 Å². The van der Waals surface area contributed by atoms with Crippen LogP contribution in [0.4, 0.5) is 0 Å². The minimum absolute atomic E-state index is 0.192. The predicted octanol–water partition coefficient (Wildman–Crippen LogP) is 0.921. The van der Waals surface area contributed by atoms with Crippen molar-refractivity contribution in [3.63, 3.8) is 0 Å². The SMILES string of the molecule is CC1CCC(=O)N(CC(N)=S)CC1. The standard InChI is InChI=1S/C9H16N2OS/c1-7-2-3-9(12)11(5-4-7)6-8(10)13/h7H,2-6H2,1H3,(H2,10,13). The van der Waals surface area contributed by atoms with Gasteiger partial charge in [0.2, 0.25) is 5.91 Å². The molecule has 1 saturated heterocycles. The second kappa shape index (κ2) is 4.56. The first-order chi connectivity index (χ1) is 6.09. The van der Waals surface area contributed by atoms with Crippen LogP contribution >= 0.6 is 12.2 Å². The van der Waals surface area contributed by atoms with Crippen LogP contribution in [0.25, 0.3) is 0 Å². The average Bonchev–Trinajstić information content (AvgIpc) is 2.19. The van der Waals surface area contributed by atoms with Gasteiger partial charge < -0.3 is 10.6 Å². The maximum atomic E-state index is 11.5. The molecule has 1 rings (SSSR count). The fourth-order valence-electron chi connectivity index (χ4n) is 1.53. The Morgan fingerprint density at radius 3 is 3.00 bits per heavy atom. The number of nitrogens with zero attached hydrogens (tertiary/aromatic N) is 1. The van der Waals surface area contributed by atoms with Gasteiger partial charge in [0, 0.05) is 13.0 Å². The Labute approximate surface area is 84.3 Å². The molecule has 0 aromatic rings. The number of rotatable bonds is 2. The third kappa shape index (κ3) is 3.30. The summed E-state index contributed by atoms with van der Waals surface area (Å²) in [5, 5.41) is 0. The first-order valence-corrected chi connectivity index (χ1v) is 5.06. The van der Waals surface area contributed by atoms with E-state index in [1.54, 1.807) is 4.90 Å². The molecule has 0 aromatic carbocycles. The van der Waals surface area contributed by atoms with E-state index in [1.807, 2.05) is 0 Å². The minimum atomic E-state index is 0.192. The molecule has 1 unspecified atom stereocenters. The smallest absolute Gasteiger partial charge is 0.222 e. The molecule has 74 valence electrons. The lowest BCUT2D eigenvalue weighted by Gasteiger charge is -2.19. The van der Waals surface area contributed by atoms with Crippen LogP contribution in [-0.4, -0.2) is 28.9 Å². The number of carbonyl (C=O) groups excluding carboxylic acids is 1. The third-order valence-electron chi connectivity index (χ3n) is 2.44. The normalized spacial score (nSPS) is 24.2. The van der Waals surface area contributed by atoms with Crippen LogP contribution in [0, 0.1) is 5.92 Å². The van der Waals surface area contributed by atoms with Crippen molar-refractivity contribution in [1.82, 2.24) is 4.90 Å². The van der Waals surface area contributed by atoms with E-state index in [-0.39, 0.29) is 5.91 Å². The summed E-state index contributed by atoms with van der Waals surface area (Å²) < 4.78 is 0. The highest BCUT2D eigenvalue weighted by molar-refractivity contribution is 7.80. The van der Waals surface area contributed by atoms with Crippen molar-refractivity contribution in [1.29, 1.82) is 0 Å². The van der Waals surface area contributed by atoms with Crippen LogP contribution in [0.15, 0.2) is 0 Å². The molecule has 2 N–H and O–H groups in total. The van der Waals surface area contributed by atoms with Gasteiger partial charge in [0.1, 0.15) is 0 Å². The van der Waals surface area contributed by atoms with E-state index in [0.717, 1.165) is 19.4 Å².